The van der Waals surface area contributed by atoms with E-state index in [0.717, 1.165) is 32.3 Å². The van der Waals surface area contributed by atoms with Gasteiger partial charge in [0.05, 0.1) is 0 Å². The van der Waals surface area contributed by atoms with Crippen molar-refractivity contribution >= 4 is 15.9 Å². The Bertz CT molecular complexity index is 988. The number of halogens is 1. The van der Waals surface area contributed by atoms with Crippen LogP contribution in [-0.2, 0) is 0 Å². The third-order valence-electron chi connectivity index (χ3n) is 4.77. The van der Waals surface area contributed by atoms with Crippen molar-refractivity contribution in [2.45, 2.75) is 5.92 Å². The summed E-state index contributed by atoms with van der Waals surface area (Å²) in [6.45, 7) is 0. The van der Waals surface area contributed by atoms with Gasteiger partial charge in [-0.2, -0.15) is 0 Å². The van der Waals surface area contributed by atoms with E-state index in [1.165, 1.54) is 0 Å². The first-order valence-corrected chi connectivity index (χ1v) is 9.71. The fourth-order valence-corrected chi connectivity index (χ4v) is 4.00. The molecule has 1 N–H and O–H groups in total. The zero-order valence-corrected chi connectivity index (χ0v) is 16.3. The molecule has 4 aromatic rings. The summed E-state index contributed by atoms with van der Waals surface area (Å²) < 4.78 is 0.950. The Balaban J connectivity index is 1.95. The van der Waals surface area contributed by atoms with Crippen molar-refractivity contribution in [3.05, 3.63) is 124 Å². The van der Waals surface area contributed by atoms with Crippen molar-refractivity contribution in [1.82, 2.24) is 0 Å². The summed E-state index contributed by atoms with van der Waals surface area (Å²) in [5.74, 6) is 0.273. The number of phenolic OH excluding ortho intramolecular Hbond substituents is 1. The van der Waals surface area contributed by atoms with Crippen molar-refractivity contribution in [3.8, 4) is 16.9 Å². The van der Waals surface area contributed by atoms with Gasteiger partial charge in [-0.25, -0.2) is 0 Å². The SMILES string of the molecule is Oc1c(-c2ccccc2)cc(Br)cc1C(c1ccccc1)c1ccccc1. The molecule has 0 radical (unpaired) electrons. The van der Waals surface area contributed by atoms with Crippen LogP contribution < -0.4 is 0 Å². The third-order valence-corrected chi connectivity index (χ3v) is 5.22. The van der Waals surface area contributed by atoms with Crippen LogP contribution in [0.2, 0.25) is 0 Å². The molecule has 0 bridgehead atoms. The minimum Gasteiger partial charge on any atom is -0.507 e. The van der Waals surface area contributed by atoms with Crippen LogP contribution in [0, 0.1) is 0 Å². The molecule has 0 amide bonds. The minimum atomic E-state index is -0.0487. The summed E-state index contributed by atoms with van der Waals surface area (Å²) in [5, 5.41) is 11.2. The Kier molecular flexibility index (Phi) is 5.08. The standard InChI is InChI=1S/C25H19BrO/c26-21-16-22(18-10-4-1-5-11-18)25(27)23(17-21)24(19-12-6-2-7-13-19)20-14-8-3-9-15-20/h1-17,24,27H. The van der Waals surface area contributed by atoms with E-state index in [-0.39, 0.29) is 5.92 Å². The van der Waals surface area contributed by atoms with Crippen LogP contribution in [0.3, 0.4) is 0 Å². The minimum absolute atomic E-state index is 0.0487. The lowest BCUT2D eigenvalue weighted by molar-refractivity contribution is 0.469. The van der Waals surface area contributed by atoms with Crippen LogP contribution >= 0.6 is 15.9 Å². The zero-order chi connectivity index (χ0) is 18.6. The van der Waals surface area contributed by atoms with Gasteiger partial charge in [-0.05, 0) is 28.8 Å². The Morgan fingerprint density at radius 1 is 0.630 bits per heavy atom. The van der Waals surface area contributed by atoms with Crippen molar-refractivity contribution in [1.29, 1.82) is 0 Å². The van der Waals surface area contributed by atoms with Crippen LogP contribution in [0.15, 0.2) is 108 Å². The average Bonchev–Trinajstić information content (AvgIpc) is 2.73. The third kappa shape index (κ3) is 3.67. The summed E-state index contributed by atoms with van der Waals surface area (Å²) >= 11 is 3.65. The maximum absolute atomic E-state index is 11.2. The maximum atomic E-state index is 11.2. The van der Waals surface area contributed by atoms with Gasteiger partial charge in [0.1, 0.15) is 5.75 Å². The molecule has 1 nitrogen and oxygen atoms in total. The van der Waals surface area contributed by atoms with Gasteiger partial charge in [0.15, 0.2) is 0 Å². The van der Waals surface area contributed by atoms with Gasteiger partial charge in [0, 0.05) is 21.5 Å². The molecule has 0 aliphatic rings. The highest BCUT2D eigenvalue weighted by Gasteiger charge is 2.22. The molecule has 0 atom stereocenters. The van der Waals surface area contributed by atoms with Crippen molar-refractivity contribution in [2.24, 2.45) is 0 Å². The normalized spacial score (nSPS) is 10.9. The van der Waals surface area contributed by atoms with Gasteiger partial charge in [0.2, 0.25) is 0 Å². The second-order valence-corrected chi connectivity index (χ2v) is 7.43. The van der Waals surface area contributed by atoms with E-state index in [1.54, 1.807) is 0 Å². The zero-order valence-electron chi connectivity index (χ0n) is 14.7. The number of phenols is 1. The highest BCUT2D eigenvalue weighted by Crippen LogP contribution is 2.43. The van der Waals surface area contributed by atoms with Crippen molar-refractivity contribution < 1.29 is 5.11 Å². The van der Waals surface area contributed by atoms with Crippen LogP contribution in [0.5, 0.6) is 5.75 Å². The molecule has 0 aromatic heterocycles. The monoisotopic (exact) mass is 414 g/mol. The van der Waals surface area contributed by atoms with Gasteiger partial charge < -0.3 is 5.11 Å². The van der Waals surface area contributed by atoms with E-state index < -0.39 is 0 Å². The number of hydrogen-bond donors (Lipinski definition) is 1. The summed E-state index contributed by atoms with van der Waals surface area (Å²) in [4.78, 5) is 0. The molecule has 0 heterocycles. The molecule has 0 aliphatic carbocycles. The molecule has 132 valence electrons. The fourth-order valence-electron chi connectivity index (χ4n) is 3.52. The van der Waals surface area contributed by atoms with Crippen LogP contribution in [0.1, 0.15) is 22.6 Å². The van der Waals surface area contributed by atoms with Gasteiger partial charge in [-0.15, -0.1) is 0 Å². The summed E-state index contributed by atoms with van der Waals surface area (Å²) in [5.41, 5.74) is 5.02. The smallest absolute Gasteiger partial charge is 0.127 e. The quantitative estimate of drug-likeness (QED) is 0.356. The van der Waals surface area contributed by atoms with Gasteiger partial charge in [-0.1, -0.05) is 107 Å². The Morgan fingerprint density at radius 2 is 1.11 bits per heavy atom. The molecule has 27 heavy (non-hydrogen) atoms. The van der Waals surface area contributed by atoms with Crippen molar-refractivity contribution in [2.75, 3.05) is 0 Å². The number of benzene rings is 4. The predicted molar refractivity (Wildman–Crippen MR) is 115 cm³/mol. The molecule has 0 spiro atoms. The van der Waals surface area contributed by atoms with E-state index >= 15 is 0 Å². The molecule has 0 fully saturated rings. The lowest BCUT2D eigenvalue weighted by atomic mass is 9.83. The first-order chi connectivity index (χ1) is 13.2. The Hall–Kier alpha value is -2.84. The van der Waals surface area contributed by atoms with Gasteiger partial charge in [0.25, 0.3) is 0 Å². The fraction of sp³-hybridized carbons (Fsp3) is 0.0400. The molecule has 4 rings (SSSR count). The highest BCUT2D eigenvalue weighted by molar-refractivity contribution is 9.10. The molecule has 0 unspecified atom stereocenters. The molecule has 4 aromatic carbocycles. The summed E-state index contributed by atoms with van der Waals surface area (Å²) in [7, 11) is 0. The summed E-state index contributed by atoms with van der Waals surface area (Å²) in [6, 6.07) is 34.6. The molecular weight excluding hydrogens is 396 g/mol. The van der Waals surface area contributed by atoms with Crippen LogP contribution in [-0.4, -0.2) is 5.11 Å². The molecule has 0 saturated carbocycles. The largest absolute Gasteiger partial charge is 0.507 e. The topological polar surface area (TPSA) is 20.2 Å². The first kappa shape index (κ1) is 17.6. The van der Waals surface area contributed by atoms with Gasteiger partial charge >= 0.3 is 0 Å². The van der Waals surface area contributed by atoms with E-state index in [9.17, 15) is 5.11 Å². The second kappa shape index (κ2) is 7.81. The molecule has 0 aliphatic heterocycles. The average molecular weight is 415 g/mol. The Morgan fingerprint density at radius 3 is 1.63 bits per heavy atom. The predicted octanol–water partition coefficient (Wildman–Crippen LogP) is 7.00. The van der Waals surface area contributed by atoms with E-state index in [4.69, 9.17) is 0 Å². The maximum Gasteiger partial charge on any atom is 0.127 e. The van der Waals surface area contributed by atoms with Crippen LogP contribution in [0.4, 0.5) is 0 Å². The van der Waals surface area contributed by atoms with E-state index in [0.29, 0.717) is 5.75 Å². The second-order valence-electron chi connectivity index (χ2n) is 6.51. The highest BCUT2D eigenvalue weighted by atomic mass is 79.9. The van der Waals surface area contributed by atoms with Gasteiger partial charge in [-0.3, -0.25) is 0 Å². The van der Waals surface area contributed by atoms with Crippen molar-refractivity contribution in [3.63, 3.8) is 0 Å². The Labute approximate surface area is 168 Å². The van der Waals surface area contributed by atoms with E-state index in [2.05, 4.69) is 40.2 Å². The number of rotatable bonds is 4. The number of aromatic hydroxyl groups is 1. The lowest BCUT2D eigenvalue weighted by Gasteiger charge is -2.22. The first-order valence-electron chi connectivity index (χ1n) is 8.92. The molecule has 0 saturated heterocycles. The summed E-state index contributed by atoms with van der Waals surface area (Å²) in [6.07, 6.45) is 0. The number of hydrogen-bond acceptors (Lipinski definition) is 1. The van der Waals surface area contributed by atoms with Crippen LogP contribution in [0.25, 0.3) is 11.1 Å². The molecule has 2 heteroatoms. The molecular formula is C25H19BrO. The lowest BCUT2D eigenvalue weighted by Crippen LogP contribution is -2.04. The van der Waals surface area contributed by atoms with E-state index in [1.807, 2.05) is 78.9 Å².